The van der Waals surface area contributed by atoms with E-state index in [9.17, 15) is 4.39 Å². The topological polar surface area (TPSA) is 41.1 Å². The molecule has 1 aliphatic rings. The molecule has 0 amide bonds. The van der Waals surface area contributed by atoms with E-state index in [1.807, 2.05) is 0 Å². The standard InChI is InChI=1S/C19H25FN4/c1-12(2)24(13(3)4)19-22-17-9-10-21-11-16(17)18(23-19)14-5-7-15(20)8-6-14/h5-8,12-13,21H,9-11H2,1-4H3. The molecule has 0 fully saturated rings. The molecule has 0 aliphatic carbocycles. The van der Waals surface area contributed by atoms with E-state index in [-0.39, 0.29) is 5.82 Å². The third kappa shape index (κ3) is 3.26. The highest BCUT2D eigenvalue weighted by Gasteiger charge is 2.23. The number of halogens is 1. The Labute approximate surface area is 143 Å². The van der Waals surface area contributed by atoms with Crippen LogP contribution >= 0.6 is 0 Å². The first-order valence-electron chi connectivity index (χ1n) is 8.62. The van der Waals surface area contributed by atoms with Gasteiger partial charge in [-0.1, -0.05) is 0 Å². The number of aromatic nitrogens is 2. The molecule has 1 aliphatic heterocycles. The average molecular weight is 328 g/mol. The Bertz CT molecular complexity index is 702. The fourth-order valence-electron chi connectivity index (χ4n) is 3.35. The van der Waals surface area contributed by atoms with Crippen molar-refractivity contribution in [1.29, 1.82) is 0 Å². The Kier molecular flexibility index (Phi) is 4.81. The Hall–Kier alpha value is -2.01. The van der Waals surface area contributed by atoms with Crippen molar-refractivity contribution in [3.8, 4) is 11.3 Å². The van der Waals surface area contributed by atoms with Gasteiger partial charge in [-0.15, -0.1) is 0 Å². The van der Waals surface area contributed by atoms with Gasteiger partial charge < -0.3 is 10.2 Å². The first kappa shape index (κ1) is 16.8. The summed E-state index contributed by atoms with van der Waals surface area (Å²) in [4.78, 5) is 12.0. The van der Waals surface area contributed by atoms with E-state index in [0.717, 1.165) is 48.0 Å². The number of hydrogen-bond donors (Lipinski definition) is 1. The Balaban J connectivity index is 2.16. The maximum absolute atomic E-state index is 13.3. The SMILES string of the molecule is CC(C)N(c1nc2c(c(-c3ccc(F)cc3)n1)CNCC2)C(C)C. The summed E-state index contributed by atoms with van der Waals surface area (Å²) in [5.41, 5.74) is 4.08. The molecule has 5 heteroatoms. The quantitative estimate of drug-likeness (QED) is 0.932. The van der Waals surface area contributed by atoms with Gasteiger partial charge in [-0.05, 0) is 52.0 Å². The molecule has 0 atom stereocenters. The summed E-state index contributed by atoms with van der Waals surface area (Å²) in [5.74, 6) is 0.533. The largest absolute Gasteiger partial charge is 0.336 e. The minimum atomic E-state index is -0.231. The van der Waals surface area contributed by atoms with Crippen LogP contribution in [0.5, 0.6) is 0 Å². The fraction of sp³-hybridized carbons (Fsp3) is 0.474. The van der Waals surface area contributed by atoms with Crippen molar-refractivity contribution in [3.63, 3.8) is 0 Å². The van der Waals surface area contributed by atoms with Gasteiger partial charge in [0.25, 0.3) is 0 Å². The molecule has 0 radical (unpaired) electrons. The minimum Gasteiger partial charge on any atom is -0.336 e. The molecule has 1 aromatic carbocycles. The highest BCUT2D eigenvalue weighted by atomic mass is 19.1. The maximum Gasteiger partial charge on any atom is 0.226 e. The van der Waals surface area contributed by atoms with Crippen molar-refractivity contribution >= 4 is 5.95 Å². The molecule has 24 heavy (non-hydrogen) atoms. The van der Waals surface area contributed by atoms with Crippen molar-refractivity contribution in [2.24, 2.45) is 0 Å². The monoisotopic (exact) mass is 328 g/mol. The number of nitrogens with zero attached hydrogens (tertiary/aromatic N) is 3. The second-order valence-electron chi connectivity index (χ2n) is 6.83. The molecule has 1 N–H and O–H groups in total. The van der Waals surface area contributed by atoms with Crippen molar-refractivity contribution < 1.29 is 4.39 Å². The highest BCUT2D eigenvalue weighted by molar-refractivity contribution is 5.66. The Morgan fingerprint density at radius 2 is 1.71 bits per heavy atom. The van der Waals surface area contributed by atoms with E-state index in [4.69, 9.17) is 9.97 Å². The van der Waals surface area contributed by atoms with Crippen LogP contribution in [-0.4, -0.2) is 28.6 Å². The lowest BCUT2D eigenvalue weighted by atomic mass is 10.0. The number of hydrogen-bond acceptors (Lipinski definition) is 4. The first-order chi connectivity index (χ1) is 11.5. The van der Waals surface area contributed by atoms with Crippen molar-refractivity contribution in [3.05, 3.63) is 41.3 Å². The van der Waals surface area contributed by atoms with Gasteiger partial charge in [0.05, 0.1) is 11.4 Å². The van der Waals surface area contributed by atoms with E-state index in [1.165, 1.54) is 12.1 Å². The van der Waals surface area contributed by atoms with Crippen LogP contribution in [0.3, 0.4) is 0 Å². The Morgan fingerprint density at radius 1 is 1.04 bits per heavy atom. The maximum atomic E-state index is 13.3. The summed E-state index contributed by atoms with van der Waals surface area (Å²) < 4.78 is 13.3. The second-order valence-corrected chi connectivity index (χ2v) is 6.83. The summed E-state index contributed by atoms with van der Waals surface area (Å²) in [7, 11) is 0. The molecule has 0 bridgehead atoms. The van der Waals surface area contributed by atoms with Crippen LogP contribution in [-0.2, 0) is 13.0 Å². The van der Waals surface area contributed by atoms with Gasteiger partial charge in [-0.2, -0.15) is 0 Å². The fourth-order valence-corrected chi connectivity index (χ4v) is 3.35. The third-order valence-corrected chi connectivity index (χ3v) is 4.38. The van der Waals surface area contributed by atoms with Gasteiger partial charge >= 0.3 is 0 Å². The predicted octanol–water partition coefficient (Wildman–Crippen LogP) is 3.55. The van der Waals surface area contributed by atoms with E-state index < -0.39 is 0 Å². The summed E-state index contributed by atoms with van der Waals surface area (Å²) in [6.45, 7) is 10.3. The zero-order valence-electron chi connectivity index (χ0n) is 14.8. The molecule has 3 rings (SSSR count). The normalized spacial score (nSPS) is 14.1. The molecular weight excluding hydrogens is 303 g/mol. The molecule has 0 saturated carbocycles. The molecule has 2 aromatic rings. The van der Waals surface area contributed by atoms with Crippen LogP contribution in [0.4, 0.5) is 10.3 Å². The zero-order valence-corrected chi connectivity index (χ0v) is 14.8. The number of benzene rings is 1. The summed E-state index contributed by atoms with van der Waals surface area (Å²) in [6.07, 6.45) is 0.892. The van der Waals surface area contributed by atoms with Gasteiger partial charge in [0, 0.05) is 42.7 Å². The van der Waals surface area contributed by atoms with Crippen molar-refractivity contribution in [1.82, 2.24) is 15.3 Å². The molecule has 0 spiro atoms. The molecule has 0 unspecified atom stereocenters. The average Bonchev–Trinajstić information content (AvgIpc) is 2.54. The molecule has 4 nitrogen and oxygen atoms in total. The lowest BCUT2D eigenvalue weighted by Crippen LogP contribution is -2.39. The summed E-state index contributed by atoms with van der Waals surface area (Å²) in [6, 6.07) is 7.19. The third-order valence-electron chi connectivity index (χ3n) is 4.38. The molecule has 2 heterocycles. The van der Waals surface area contributed by atoms with Crippen molar-refractivity contribution in [2.45, 2.75) is 52.7 Å². The van der Waals surface area contributed by atoms with Gasteiger partial charge in [0.1, 0.15) is 5.82 Å². The lowest BCUT2D eigenvalue weighted by molar-refractivity contribution is 0.579. The van der Waals surface area contributed by atoms with Crippen LogP contribution in [0.1, 0.15) is 39.0 Å². The van der Waals surface area contributed by atoms with E-state index >= 15 is 0 Å². The van der Waals surface area contributed by atoms with Gasteiger partial charge in [0.2, 0.25) is 5.95 Å². The second kappa shape index (κ2) is 6.85. The minimum absolute atomic E-state index is 0.231. The predicted molar refractivity (Wildman–Crippen MR) is 95.6 cm³/mol. The zero-order chi connectivity index (χ0) is 17.3. The number of fused-ring (bicyclic) bond motifs is 1. The van der Waals surface area contributed by atoms with Crippen LogP contribution in [0.2, 0.25) is 0 Å². The van der Waals surface area contributed by atoms with E-state index in [2.05, 4.69) is 37.9 Å². The highest BCUT2D eigenvalue weighted by Crippen LogP contribution is 2.29. The smallest absolute Gasteiger partial charge is 0.226 e. The first-order valence-corrected chi connectivity index (χ1v) is 8.62. The van der Waals surface area contributed by atoms with Gasteiger partial charge in [-0.25, -0.2) is 14.4 Å². The molecular formula is C19H25FN4. The van der Waals surface area contributed by atoms with Crippen LogP contribution in [0.15, 0.2) is 24.3 Å². The van der Waals surface area contributed by atoms with Crippen LogP contribution < -0.4 is 10.2 Å². The number of rotatable bonds is 4. The van der Waals surface area contributed by atoms with E-state index in [0.29, 0.717) is 12.1 Å². The number of nitrogens with one attached hydrogen (secondary N) is 1. The lowest BCUT2D eigenvalue weighted by Gasteiger charge is -2.32. The summed E-state index contributed by atoms with van der Waals surface area (Å²) in [5, 5.41) is 3.39. The van der Waals surface area contributed by atoms with Crippen LogP contribution in [0.25, 0.3) is 11.3 Å². The molecule has 128 valence electrons. The Morgan fingerprint density at radius 3 is 2.33 bits per heavy atom. The summed E-state index contributed by atoms with van der Waals surface area (Å²) >= 11 is 0. The van der Waals surface area contributed by atoms with E-state index in [1.54, 1.807) is 12.1 Å². The van der Waals surface area contributed by atoms with Crippen molar-refractivity contribution in [2.75, 3.05) is 11.4 Å². The van der Waals surface area contributed by atoms with Gasteiger partial charge in [-0.3, -0.25) is 0 Å². The number of anilines is 1. The molecule has 0 saturated heterocycles. The van der Waals surface area contributed by atoms with Crippen LogP contribution in [0, 0.1) is 5.82 Å². The molecule has 1 aromatic heterocycles. The van der Waals surface area contributed by atoms with Gasteiger partial charge in [0.15, 0.2) is 0 Å².